The van der Waals surface area contributed by atoms with Gasteiger partial charge in [-0.1, -0.05) is 24.3 Å². The van der Waals surface area contributed by atoms with E-state index < -0.39 is 12.2 Å². The van der Waals surface area contributed by atoms with Crippen molar-refractivity contribution >= 4 is 23.0 Å². The molecule has 0 fully saturated rings. The van der Waals surface area contributed by atoms with Gasteiger partial charge >= 0.3 is 6.61 Å². The summed E-state index contributed by atoms with van der Waals surface area (Å²) in [6, 6.07) is 15.0. The van der Waals surface area contributed by atoms with Gasteiger partial charge < -0.3 is 9.47 Å². The molecule has 9 heteroatoms. The number of benzene rings is 2. The van der Waals surface area contributed by atoms with E-state index >= 15 is 0 Å². The Morgan fingerprint density at radius 1 is 1.16 bits per heavy atom. The first-order chi connectivity index (χ1) is 14.9. The van der Waals surface area contributed by atoms with Gasteiger partial charge in [0.2, 0.25) is 0 Å². The van der Waals surface area contributed by atoms with E-state index in [0.29, 0.717) is 11.3 Å². The molecule has 1 heterocycles. The molecule has 1 aromatic heterocycles. The summed E-state index contributed by atoms with van der Waals surface area (Å²) in [6.07, 6.45) is 1.53. The van der Waals surface area contributed by atoms with Gasteiger partial charge in [-0.05, 0) is 42.3 Å². The van der Waals surface area contributed by atoms with Gasteiger partial charge in [0.1, 0.15) is 16.8 Å². The average molecular weight is 439 g/mol. The Hall–Kier alpha value is -3.95. The van der Waals surface area contributed by atoms with E-state index in [1.165, 1.54) is 36.0 Å². The molecule has 0 saturated heterocycles. The number of thiazole rings is 1. The van der Waals surface area contributed by atoms with E-state index in [2.05, 4.69) is 4.74 Å². The molecule has 3 rings (SSSR count). The summed E-state index contributed by atoms with van der Waals surface area (Å²) in [5.41, 5.74) is 1.24. The molecule has 0 amide bonds. The Morgan fingerprint density at radius 2 is 1.87 bits per heavy atom. The first-order valence-corrected chi connectivity index (χ1v) is 9.68. The number of nitrogens with zero attached hydrogens (tertiary/aromatic N) is 3. The van der Waals surface area contributed by atoms with Crippen LogP contribution in [0.1, 0.15) is 11.1 Å². The van der Waals surface area contributed by atoms with Crippen LogP contribution in [-0.4, -0.2) is 18.3 Å². The molecule has 3 aromatic rings. The van der Waals surface area contributed by atoms with Gasteiger partial charge in [-0.15, -0.1) is 11.3 Å². The van der Waals surface area contributed by atoms with Gasteiger partial charge in [0, 0.05) is 0 Å². The summed E-state index contributed by atoms with van der Waals surface area (Å²) in [4.78, 5) is 13.2. The second kappa shape index (κ2) is 9.24. The topological polar surface area (TPSA) is 88.0 Å². The smallest absolute Gasteiger partial charge is 0.387 e. The SMILES string of the molecule is COc1cc(C=c2sc(=C(C#N)C#N)n(-c3ccccc3C)c2=O)ccc1OC(F)F. The first-order valence-electron chi connectivity index (χ1n) is 8.86. The molecule has 31 heavy (non-hydrogen) atoms. The Morgan fingerprint density at radius 3 is 2.48 bits per heavy atom. The Kier molecular flexibility index (Phi) is 6.49. The Labute approximate surface area is 179 Å². The third-order valence-corrected chi connectivity index (χ3v) is 5.41. The van der Waals surface area contributed by atoms with Crippen LogP contribution in [0.2, 0.25) is 0 Å². The van der Waals surface area contributed by atoms with E-state index in [0.717, 1.165) is 16.9 Å². The maximum atomic E-state index is 13.2. The molecule has 0 atom stereocenters. The average Bonchev–Trinajstić information content (AvgIpc) is 3.06. The number of halogens is 2. The van der Waals surface area contributed by atoms with E-state index in [1.54, 1.807) is 12.1 Å². The molecule has 0 aliphatic heterocycles. The normalized spacial score (nSPS) is 11.1. The van der Waals surface area contributed by atoms with E-state index in [-0.39, 0.29) is 26.3 Å². The van der Waals surface area contributed by atoms with Crippen molar-refractivity contribution in [1.29, 1.82) is 10.5 Å². The fraction of sp³-hybridized carbons (Fsp3) is 0.136. The monoisotopic (exact) mass is 439 g/mol. The van der Waals surface area contributed by atoms with Gasteiger partial charge in [0.15, 0.2) is 17.1 Å². The number of nitriles is 2. The second-order valence-corrected chi connectivity index (χ2v) is 7.26. The van der Waals surface area contributed by atoms with Gasteiger partial charge in [0.25, 0.3) is 5.56 Å². The molecule has 0 N–H and O–H groups in total. The zero-order chi connectivity index (χ0) is 22.5. The second-order valence-electron chi connectivity index (χ2n) is 6.23. The van der Waals surface area contributed by atoms with Gasteiger partial charge in [-0.2, -0.15) is 19.3 Å². The predicted molar refractivity (Wildman–Crippen MR) is 112 cm³/mol. The molecular weight excluding hydrogens is 424 g/mol. The molecule has 0 spiro atoms. The highest BCUT2D eigenvalue weighted by atomic mass is 32.1. The molecule has 0 aliphatic rings. The lowest BCUT2D eigenvalue weighted by Crippen LogP contribution is -2.31. The number of ether oxygens (including phenoxy) is 2. The molecule has 0 aliphatic carbocycles. The fourth-order valence-corrected chi connectivity index (χ4v) is 3.97. The molecule has 0 radical (unpaired) electrons. The minimum Gasteiger partial charge on any atom is -0.493 e. The Bertz CT molecular complexity index is 1380. The minimum atomic E-state index is -3.00. The summed E-state index contributed by atoms with van der Waals surface area (Å²) in [7, 11) is 1.31. The van der Waals surface area contributed by atoms with Crippen molar-refractivity contribution in [2.24, 2.45) is 0 Å². The Balaban J connectivity index is 2.29. The summed E-state index contributed by atoms with van der Waals surface area (Å²) in [6.45, 7) is -1.19. The molecule has 0 saturated carbocycles. The molecule has 2 aromatic carbocycles. The van der Waals surface area contributed by atoms with E-state index in [1.807, 2.05) is 31.2 Å². The highest BCUT2D eigenvalue weighted by molar-refractivity contribution is 7.07. The standard InChI is InChI=1S/C22H15F2N3O3S/c1-13-5-3-4-6-16(13)27-20(28)19(31-21(27)15(11-25)12-26)10-14-7-8-17(30-22(23)24)18(9-14)29-2/h3-10,22H,1-2H3. The summed E-state index contributed by atoms with van der Waals surface area (Å²) >= 11 is 0.991. The van der Waals surface area contributed by atoms with Crippen LogP contribution in [0.25, 0.3) is 17.3 Å². The zero-order valence-corrected chi connectivity index (χ0v) is 17.2. The number of para-hydroxylation sites is 1. The zero-order valence-electron chi connectivity index (χ0n) is 16.4. The molecule has 156 valence electrons. The fourth-order valence-electron chi connectivity index (χ4n) is 2.92. The van der Waals surface area contributed by atoms with Crippen molar-refractivity contribution in [1.82, 2.24) is 4.57 Å². The van der Waals surface area contributed by atoms with Crippen molar-refractivity contribution < 1.29 is 18.3 Å². The summed E-state index contributed by atoms with van der Waals surface area (Å²) in [5, 5.41) is 18.7. The van der Waals surface area contributed by atoms with Crippen LogP contribution >= 0.6 is 11.3 Å². The van der Waals surface area contributed by atoms with Crippen LogP contribution in [0.4, 0.5) is 8.78 Å². The van der Waals surface area contributed by atoms with Crippen molar-refractivity contribution in [3.8, 4) is 29.3 Å². The van der Waals surface area contributed by atoms with Crippen LogP contribution in [0.3, 0.4) is 0 Å². The lowest BCUT2D eigenvalue weighted by molar-refractivity contribution is -0.0512. The quantitative estimate of drug-likeness (QED) is 0.610. The number of aryl methyl sites for hydroxylation is 1. The largest absolute Gasteiger partial charge is 0.493 e. The van der Waals surface area contributed by atoms with Crippen LogP contribution in [0.5, 0.6) is 11.5 Å². The number of rotatable bonds is 5. The third kappa shape index (κ3) is 4.47. The van der Waals surface area contributed by atoms with Crippen LogP contribution in [0, 0.1) is 29.6 Å². The van der Waals surface area contributed by atoms with Gasteiger partial charge in [-0.25, -0.2) is 0 Å². The van der Waals surface area contributed by atoms with Crippen LogP contribution in [-0.2, 0) is 0 Å². The van der Waals surface area contributed by atoms with Gasteiger partial charge in [-0.3, -0.25) is 9.36 Å². The number of aromatic nitrogens is 1. The van der Waals surface area contributed by atoms with Crippen LogP contribution < -0.4 is 24.2 Å². The van der Waals surface area contributed by atoms with Crippen molar-refractivity contribution in [3.05, 3.63) is 73.1 Å². The number of hydrogen-bond acceptors (Lipinski definition) is 6. The summed E-state index contributed by atoms with van der Waals surface area (Å²) < 4.78 is 36.4. The predicted octanol–water partition coefficient (Wildman–Crippen LogP) is 2.84. The third-order valence-electron chi connectivity index (χ3n) is 4.32. The lowest BCUT2D eigenvalue weighted by Gasteiger charge is -2.09. The minimum absolute atomic E-state index is 0.0753. The molecule has 6 nitrogen and oxygen atoms in total. The number of methoxy groups -OCH3 is 1. The van der Waals surface area contributed by atoms with Gasteiger partial charge in [0.05, 0.1) is 17.3 Å². The van der Waals surface area contributed by atoms with Crippen molar-refractivity contribution in [2.45, 2.75) is 13.5 Å². The van der Waals surface area contributed by atoms with Crippen molar-refractivity contribution in [3.63, 3.8) is 0 Å². The highest BCUT2D eigenvalue weighted by Crippen LogP contribution is 2.29. The number of hydrogen-bond donors (Lipinski definition) is 0. The van der Waals surface area contributed by atoms with Crippen LogP contribution in [0.15, 0.2) is 47.3 Å². The molecular formula is C22H15F2N3O3S. The first kappa shape index (κ1) is 21.8. The van der Waals surface area contributed by atoms with E-state index in [4.69, 9.17) is 4.74 Å². The number of alkyl halides is 2. The molecule has 0 bridgehead atoms. The maximum absolute atomic E-state index is 13.2. The summed E-state index contributed by atoms with van der Waals surface area (Å²) in [5.74, 6) is -0.0604. The lowest BCUT2D eigenvalue weighted by atomic mass is 10.2. The highest BCUT2D eigenvalue weighted by Gasteiger charge is 2.14. The van der Waals surface area contributed by atoms with E-state index in [9.17, 15) is 24.1 Å². The van der Waals surface area contributed by atoms with Crippen molar-refractivity contribution in [2.75, 3.05) is 7.11 Å². The molecule has 0 unspecified atom stereocenters. The maximum Gasteiger partial charge on any atom is 0.387 e.